The maximum absolute atomic E-state index is 15.6. The Hall–Kier alpha value is -4.32. The van der Waals surface area contributed by atoms with Crippen LogP contribution in [-0.2, 0) is 11.0 Å². The molecule has 8 nitrogen and oxygen atoms in total. The van der Waals surface area contributed by atoms with Gasteiger partial charge in [-0.3, -0.25) is 4.79 Å². The van der Waals surface area contributed by atoms with Crippen LogP contribution in [0.15, 0.2) is 65.0 Å². The smallest absolute Gasteiger partial charge is 0.418 e. The van der Waals surface area contributed by atoms with Crippen LogP contribution in [0.3, 0.4) is 0 Å². The van der Waals surface area contributed by atoms with Crippen molar-refractivity contribution in [2.24, 2.45) is 10.9 Å². The summed E-state index contributed by atoms with van der Waals surface area (Å²) in [5.41, 5.74) is 0.769. The number of rotatable bonds is 5. The predicted molar refractivity (Wildman–Crippen MR) is 164 cm³/mol. The molecule has 1 unspecified atom stereocenters. The van der Waals surface area contributed by atoms with E-state index in [4.69, 9.17) is 4.74 Å². The summed E-state index contributed by atoms with van der Waals surface area (Å²) in [4.78, 5) is 26.3. The second-order valence-electron chi connectivity index (χ2n) is 11.5. The number of hydrogen-bond donors (Lipinski definition) is 2. The summed E-state index contributed by atoms with van der Waals surface area (Å²) in [6.45, 7) is 5.89. The molecular weight excluding hydrogens is 576 g/mol. The first kappa shape index (κ1) is 31.1. The Morgan fingerprint density at radius 1 is 1.11 bits per heavy atom. The van der Waals surface area contributed by atoms with E-state index in [1.54, 1.807) is 37.2 Å². The number of alkyl halides is 3. The molecule has 3 aromatic rings. The molecule has 1 saturated heterocycles. The molecule has 12 heteroatoms. The molecule has 2 aromatic carbocycles. The number of ether oxygens (including phenoxy) is 1. The fraction of sp³-hybridized carbons (Fsp3) is 0.375. The van der Waals surface area contributed by atoms with Crippen LogP contribution in [0.2, 0.25) is 0 Å². The molecule has 1 amide bonds. The van der Waals surface area contributed by atoms with Gasteiger partial charge < -0.3 is 29.7 Å². The number of amidine groups is 1. The molecule has 2 N–H and O–H groups in total. The molecule has 2 aliphatic rings. The van der Waals surface area contributed by atoms with Crippen molar-refractivity contribution < 1.29 is 27.1 Å². The minimum Gasteiger partial charge on any atom is -0.457 e. The first-order valence-corrected chi connectivity index (χ1v) is 14.4. The molecule has 44 heavy (non-hydrogen) atoms. The van der Waals surface area contributed by atoms with E-state index in [1.807, 2.05) is 20.9 Å². The van der Waals surface area contributed by atoms with Gasteiger partial charge in [0.05, 0.1) is 5.56 Å². The third kappa shape index (κ3) is 6.45. The van der Waals surface area contributed by atoms with Crippen molar-refractivity contribution in [3.63, 3.8) is 0 Å². The Balaban J connectivity index is 1.58. The number of anilines is 2. The third-order valence-electron chi connectivity index (χ3n) is 7.82. The molecule has 5 rings (SSSR count). The highest BCUT2D eigenvalue weighted by atomic mass is 19.4. The van der Waals surface area contributed by atoms with Crippen molar-refractivity contribution >= 4 is 34.0 Å². The van der Waals surface area contributed by atoms with E-state index in [0.29, 0.717) is 43.5 Å². The molecule has 3 heterocycles. The maximum atomic E-state index is 15.6. The topological polar surface area (TPSA) is 76.2 Å². The molecule has 1 atom stereocenters. The zero-order valence-electron chi connectivity index (χ0n) is 25.3. The largest absolute Gasteiger partial charge is 0.457 e. The average Bonchev–Trinajstić information content (AvgIpc) is 3.36. The van der Waals surface area contributed by atoms with Crippen molar-refractivity contribution in [1.29, 1.82) is 0 Å². The van der Waals surface area contributed by atoms with Gasteiger partial charge in [-0.1, -0.05) is 13.0 Å². The highest BCUT2D eigenvalue weighted by Crippen LogP contribution is 2.39. The van der Waals surface area contributed by atoms with Crippen molar-refractivity contribution in [2.45, 2.75) is 26.4 Å². The van der Waals surface area contributed by atoms with Gasteiger partial charge in [0, 0.05) is 80.4 Å². The monoisotopic (exact) mass is 612 g/mol. The number of benzene rings is 2. The molecular formula is C32H36F4N6O2. The molecule has 0 spiro atoms. The van der Waals surface area contributed by atoms with Gasteiger partial charge in [0.15, 0.2) is 11.6 Å². The SMILES string of the molecule is Cc1cc2c(F)c(O/C3=C(C(=O)N(C)C)/C(Nc4ccc(N5CCN(C)CC5)c(C(F)(F)F)c4)=N/C=C/CC3C)ccc2[nH]1. The highest BCUT2D eigenvalue weighted by molar-refractivity contribution is 6.25. The van der Waals surface area contributed by atoms with E-state index in [1.165, 1.54) is 29.3 Å². The molecule has 0 bridgehead atoms. The van der Waals surface area contributed by atoms with Crippen LogP contribution in [0.1, 0.15) is 24.6 Å². The van der Waals surface area contributed by atoms with Crippen LogP contribution < -0.4 is 15.0 Å². The van der Waals surface area contributed by atoms with Gasteiger partial charge >= 0.3 is 6.18 Å². The lowest BCUT2D eigenvalue weighted by Gasteiger charge is -2.35. The van der Waals surface area contributed by atoms with Gasteiger partial charge in [0.2, 0.25) is 0 Å². The van der Waals surface area contributed by atoms with Crippen molar-refractivity contribution in [2.75, 3.05) is 57.5 Å². The summed E-state index contributed by atoms with van der Waals surface area (Å²) in [5.74, 6) is -1.44. The Bertz CT molecular complexity index is 1650. The molecule has 2 aliphatic heterocycles. The minimum atomic E-state index is -4.62. The first-order chi connectivity index (χ1) is 20.8. The molecule has 0 aliphatic carbocycles. The van der Waals surface area contributed by atoms with Gasteiger partial charge in [-0.2, -0.15) is 13.2 Å². The number of aliphatic imine (C=N–C) groups is 1. The number of amides is 1. The summed E-state index contributed by atoms with van der Waals surface area (Å²) in [6, 6.07) is 8.85. The highest BCUT2D eigenvalue weighted by Gasteiger charge is 2.36. The molecule has 1 fully saturated rings. The van der Waals surface area contributed by atoms with E-state index < -0.39 is 29.4 Å². The lowest BCUT2D eigenvalue weighted by molar-refractivity contribution is -0.137. The third-order valence-corrected chi connectivity index (χ3v) is 7.82. The molecule has 0 radical (unpaired) electrons. The number of hydrogen-bond acceptors (Lipinski definition) is 6. The van der Waals surface area contributed by atoms with Gasteiger partial charge in [0.1, 0.15) is 17.2 Å². The number of aromatic amines is 1. The summed E-state index contributed by atoms with van der Waals surface area (Å²) in [6.07, 6.45) is -0.926. The normalized spacial score (nSPS) is 21.8. The Labute approximate surface area is 253 Å². The standard InChI is InChI=1S/C32H36F4N6O2/c1-19-7-6-12-37-30(39-21-8-10-25(23(18-21)32(34,35)36)42-15-13-41(5)14-16-42)27(31(43)40(3)4)29(19)44-26-11-9-24-22(28(26)33)17-20(2)38-24/h6,8-12,17-19,38H,7,13-16H2,1-5H3,(H,37,39)/b12-6+,29-27-. The predicted octanol–water partition coefficient (Wildman–Crippen LogP) is 6.17. The number of piperazine rings is 1. The summed E-state index contributed by atoms with van der Waals surface area (Å²) < 4.78 is 64.8. The number of halogens is 4. The number of aromatic nitrogens is 1. The number of allylic oxidation sites excluding steroid dienone is 2. The van der Waals surface area contributed by atoms with Crippen LogP contribution in [-0.4, -0.2) is 73.8 Å². The van der Waals surface area contributed by atoms with E-state index in [-0.39, 0.29) is 34.3 Å². The van der Waals surface area contributed by atoms with Gasteiger partial charge in [-0.25, -0.2) is 9.38 Å². The van der Waals surface area contributed by atoms with Gasteiger partial charge in [-0.15, -0.1) is 0 Å². The van der Waals surface area contributed by atoms with Crippen LogP contribution >= 0.6 is 0 Å². The van der Waals surface area contributed by atoms with E-state index in [0.717, 1.165) is 11.8 Å². The van der Waals surface area contributed by atoms with Gasteiger partial charge in [0.25, 0.3) is 5.91 Å². The number of fused-ring (bicyclic) bond motifs is 1. The van der Waals surface area contributed by atoms with Crippen LogP contribution in [0.25, 0.3) is 10.9 Å². The number of aryl methyl sites for hydroxylation is 1. The number of carbonyl (C=O) groups is 1. The van der Waals surface area contributed by atoms with Crippen molar-refractivity contribution in [3.8, 4) is 5.75 Å². The number of nitrogens with zero attached hydrogens (tertiary/aromatic N) is 4. The second-order valence-corrected chi connectivity index (χ2v) is 11.5. The zero-order chi connectivity index (χ0) is 31.8. The van der Waals surface area contributed by atoms with E-state index in [9.17, 15) is 18.0 Å². The van der Waals surface area contributed by atoms with Crippen LogP contribution in [0, 0.1) is 18.7 Å². The summed E-state index contributed by atoms with van der Waals surface area (Å²) in [7, 11) is 5.03. The van der Waals surface area contributed by atoms with Gasteiger partial charge in [-0.05, 0) is 56.8 Å². The first-order valence-electron chi connectivity index (χ1n) is 14.4. The Morgan fingerprint density at radius 3 is 2.52 bits per heavy atom. The lowest BCUT2D eigenvalue weighted by Crippen LogP contribution is -2.45. The fourth-order valence-electron chi connectivity index (χ4n) is 5.39. The maximum Gasteiger partial charge on any atom is 0.418 e. The summed E-state index contributed by atoms with van der Waals surface area (Å²) >= 11 is 0. The second kappa shape index (κ2) is 12.4. The van der Waals surface area contributed by atoms with Crippen molar-refractivity contribution in [1.82, 2.24) is 14.8 Å². The molecule has 234 valence electrons. The zero-order valence-corrected chi connectivity index (χ0v) is 25.3. The van der Waals surface area contributed by atoms with Crippen LogP contribution in [0.5, 0.6) is 5.75 Å². The Kier molecular flexibility index (Phi) is 8.73. The van der Waals surface area contributed by atoms with Crippen LogP contribution in [0.4, 0.5) is 28.9 Å². The number of likely N-dealkylation sites (N-methyl/N-ethyl adjacent to an activating group) is 2. The quantitative estimate of drug-likeness (QED) is 0.337. The average molecular weight is 613 g/mol. The van der Waals surface area contributed by atoms with E-state index >= 15 is 4.39 Å². The van der Waals surface area contributed by atoms with E-state index in [2.05, 4.69) is 20.2 Å². The number of carbonyl (C=O) groups excluding carboxylic acids is 1. The summed E-state index contributed by atoms with van der Waals surface area (Å²) in [5, 5.41) is 3.30. The number of nitrogens with one attached hydrogen (secondary N) is 2. The molecule has 1 aromatic heterocycles. The fourth-order valence-corrected chi connectivity index (χ4v) is 5.39. The Morgan fingerprint density at radius 2 is 1.84 bits per heavy atom. The van der Waals surface area contributed by atoms with Crippen molar-refractivity contribution in [3.05, 3.63) is 77.1 Å². The lowest BCUT2D eigenvalue weighted by atomic mass is 9.98. The molecule has 0 saturated carbocycles. The number of H-pyrrole nitrogens is 1. The minimum absolute atomic E-state index is 0.00620.